The summed E-state index contributed by atoms with van der Waals surface area (Å²) >= 11 is 5.67. The lowest BCUT2D eigenvalue weighted by Gasteiger charge is -2.05. The number of rotatable bonds is 4. The van der Waals surface area contributed by atoms with E-state index in [-0.39, 0.29) is 22.8 Å². The molecule has 0 saturated heterocycles. The summed E-state index contributed by atoms with van der Waals surface area (Å²) in [4.78, 5) is 32.7. The van der Waals surface area contributed by atoms with E-state index in [4.69, 9.17) is 11.6 Å². The van der Waals surface area contributed by atoms with Crippen LogP contribution in [0, 0.1) is 10.1 Å². The quantitative estimate of drug-likeness (QED) is 0.622. The number of halogens is 1. The molecule has 0 bridgehead atoms. The largest absolute Gasteiger partial charge is 0.358 e. The van der Waals surface area contributed by atoms with E-state index in [1.54, 1.807) is 0 Å². The molecule has 1 rings (SSSR count). The fourth-order valence-corrected chi connectivity index (χ4v) is 1.37. The van der Waals surface area contributed by atoms with Gasteiger partial charge >= 0.3 is 0 Å². The Kier molecular flexibility index (Phi) is 4.61. The molecule has 0 heterocycles. The summed E-state index contributed by atoms with van der Waals surface area (Å²) in [6.45, 7) is -0.265. The second-order valence-electron chi connectivity index (χ2n) is 3.27. The van der Waals surface area contributed by atoms with Crippen LogP contribution in [0.2, 0.25) is 5.02 Å². The first-order valence-electron chi connectivity index (χ1n) is 4.88. The van der Waals surface area contributed by atoms with Crippen molar-refractivity contribution in [1.29, 1.82) is 0 Å². The van der Waals surface area contributed by atoms with Gasteiger partial charge in [-0.05, 0) is 12.1 Å². The number of hydrogen-bond acceptors (Lipinski definition) is 4. The predicted octanol–water partition coefficient (Wildman–Crippen LogP) is 0.724. The van der Waals surface area contributed by atoms with Gasteiger partial charge in [-0.1, -0.05) is 11.6 Å². The van der Waals surface area contributed by atoms with Gasteiger partial charge in [-0.15, -0.1) is 0 Å². The van der Waals surface area contributed by atoms with Crippen LogP contribution in [0.5, 0.6) is 0 Å². The molecule has 0 unspecified atom stereocenters. The second kappa shape index (κ2) is 5.97. The lowest BCUT2D eigenvalue weighted by Crippen LogP contribution is -2.35. The van der Waals surface area contributed by atoms with Crippen molar-refractivity contribution in [1.82, 2.24) is 10.6 Å². The molecule has 0 fully saturated rings. The zero-order valence-electron chi connectivity index (χ0n) is 9.40. The summed E-state index contributed by atoms with van der Waals surface area (Å²) in [7, 11) is 1.41. The molecule has 0 spiro atoms. The molecule has 0 aromatic heterocycles. The van der Waals surface area contributed by atoms with Crippen LogP contribution >= 0.6 is 11.6 Å². The van der Waals surface area contributed by atoms with Crippen LogP contribution in [0.4, 0.5) is 5.69 Å². The zero-order chi connectivity index (χ0) is 13.7. The molecule has 0 aliphatic rings. The first kappa shape index (κ1) is 13.9. The van der Waals surface area contributed by atoms with E-state index in [2.05, 4.69) is 10.6 Å². The van der Waals surface area contributed by atoms with Gasteiger partial charge in [0.2, 0.25) is 5.91 Å². The van der Waals surface area contributed by atoms with Crippen LogP contribution in [0.15, 0.2) is 18.2 Å². The number of nitro groups is 1. The third kappa shape index (κ3) is 3.42. The normalized spacial score (nSPS) is 9.67. The summed E-state index contributed by atoms with van der Waals surface area (Å²) < 4.78 is 0. The number of hydrogen-bond donors (Lipinski definition) is 2. The average molecular weight is 272 g/mol. The monoisotopic (exact) mass is 271 g/mol. The first-order valence-corrected chi connectivity index (χ1v) is 5.26. The molecule has 0 aliphatic heterocycles. The van der Waals surface area contributed by atoms with E-state index < -0.39 is 16.7 Å². The van der Waals surface area contributed by atoms with Crippen LogP contribution in [0.3, 0.4) is 0 Å². The molecule has 0 saturated carbocycles. The fraction of sp³-hybridized carbons (Fsp3) is 0.200. The van der Waals surface area contributed by atoms with E-state index in [1.165, 1.54) is 19.2 Å². The molecule has 18 heavy (non-hydrogen) atoms. The summed E-state index contributed by atoms with van der Waals surface area (Å²) in [5.74, 6) is -1.14. The first-order chi connectivity index (χ1) is 8.45. The van der Waals surface area contributed by atoms with Crippen LogP contribution in [0.25, 0.3) is 0 Å². The highest BCUT2D eigenvalue weighted by Crippen LogP contribution is 2.22. The van der Waals surface area contributed by atoms with Crippen LogP contribution in [-0.2, 0) is 4.79 Å². The van der Waals surface area contributed by atoms with Gasteiger partial charge in [0, 0.05) is 18.1 Å². The molecule has 1 aromatic rings. The summed E-state index contributed by atoms with van der Waals surface area (Å²) in [5.41, 5.74) is -0.551. The molecule has 96 valence electrons. The van der Waals surface area contributed by atoms with Crippen LogP contribution in [0.1, 0.15) is 10.4 Å². The third-order valence-electron chi connectivity index (χ3n) is 2.09. The SMILES string of the molecule is CNC(=O)CNC(=O)c1cc(Cl)ccc1[N+](=O)[O-]. The van der Waals surface area contributed by atoms with Crippen molar-refractivity contribution in [3.63, 3.8) is 0 Å². The lowest BCUT2D eigenvalue weighted by molar-refractivity contribution is -0.385. The van der Waals surface area contributed by atoms with E-state index >= 15 is 0 Å². The number of carbonyl (C=O) groups excluding carboxylic acids is 2. The Labute approximate surface area is 107 Å². The molecule has 7 nitrogen and oxygen atoms in total. The number of carbonyl (C=O) groups is 2. The Morgan fingerprint density at radius 2 is 2.11 bits per heavy atom. The smallest absolute Gasteiger partial charge is 0.282 e. The van der Waals surface area contributed by atoms with Gasteiger partial charge in [0.1, 0.15) is 5.56 Å². The van der Waals surface area contributed by atoms with E-state index in [0.29, 0.717) is 0 Å². The van der Waals surface area contributed by atoms with Gasteiger partial charge < -0.3 is 10.6 Å². The molecule has 2 amide bonds. The highest BCUT2D eigenvalue weighted by molar-refractivity contribution is 6.31. The number of nitrogens with one attached hydrogen (secondary N) is 2. The highest BCUT2D eigenvalue weighted by atomic mass is 35.5. The van der Waals surface area contributed by atoms with Gasteiger partial charge in [0.15, 0.2) is 0 Å². The summed E-state index contributed by atoms with van der Waals surface area (Å²) in [5, 5.41) is 15.5. The van der Waals surface area contributed by atoms with Gasteiger partial charge in [0.05, 0.1) is 11.5 Å². The minimum absolute atomic E-state index is 0.184. The van der Waals surface area contributed by atoms with Crippen molar-refractivity contribution in [2.45, 2.75) is 0 Å². The Morgan fingerprint density at radius 3 is 2.67 bits per heavy atom. The molecule has 0 atom stereocenters. The van der Waals surface area contributed by atoms with Crippen molar-refractivity contribution in [2.24, 2.45) is 0 Å². The van der Waals surface area contributed by atoms with Crippen molar-refractivity contribution >= 4 is 29.1 Å². The maximum absolute atomic E-state index is 11.7. The Balaban J connectivity index is 2.93. The van der Waals surface area contributed by atoms with E-state index in [0.717, 1.165) is 6.07 Å². The molecule has 0 aliphatic carbocycles. The van der Waals surface area contributed by atoms with Crippen molar-refractivity contribution in [3.8, 4) is 0 Å². The molecule has 8 heteroatoms. The van der Waals surface area contributed by atoms with E-state index in [9.17, 15) is 19.7 Å². The molecule has 2 N–H and O–H groups in total. The summed E-state index contributed by atoms with van der Waals surface area (Å²) in [6, 6.07) is 3.63. The van der Waals surface area contributed by atoms with Gasteiger partial charge in [0.25, 0.3) is 11.6 Å². The van der Waals surface area contributed by atoms with Crippen molar-refractivity contribution in [3.05, 3.63) is 38.9 Å². The topological polar surface area (TPSA) is 101 Å². The van der Waals surface area contributed by atoms with Gasteiger partial charge in [-0.3, -0.25) is 19.7 Å². The van der Waals surface area contributed by atoms with E-state index in [1.807, 2.05) is 0 Å². The molecular weight excluding hydrogens is 262 g/mol. The number of nitrogens with zero attached hydrogens (tertiary/aromatic N) is 1. The summed E-state index contributed by atoms with van der Waals surface area (Å²) in [6.07, 6.45) is 0. The molecular formula is C10H10ClN3O4. The zero-order valence-corrected chi connectivity index (χ0v) is 10.2. The standard InChI is InChI=1S/C10H10ClN3O4/c1-12-9(15)5-13-10(16)7-4-6(11)2-3-8(7)14(17)18/h2-4H,5H2,1H3,(H,12,15)(H,13,16). The second-order valence-corrected chi connectivity index (χ2v) is 3.71. The van der Waals surface area contributed by atoms with Gasteiger partial charge in [-0.25, -0.2) is 0 Å². The Hall–Kier alpha value is -2.15. The fourth-order valence-electron chi connectivity index (χ4n) is 1.19. The van der Waals surface area contributed by atoms with Gasteiger partial charge in [-0.2, -0.15) is 0 Å². The number of likely N-dealkylation sites (N-methyl/N-ethyl adjacent to an activating group) is 1. The molecule has 0 radical (unpaired) electrons. The predicted molar refractivity (Wildman–Crippen MR) is 64.5 cm³/mol. The van der Waals surface area contributed by atoms with Crippen LogP contribution < -0.4 is 10.6 Å². The minimum atomic E-state index is -0.729. The number of amides is 2. The van der Waals surface area contributed by atoms with Crippen molar-refractivity contribution in [2.75, 3.05) is 13.6 Å². The lowest BCUT2D eigenvalue weighted by atomic mass is 10.1. The van der Waals surface area contributed by atoms with Crippen LogP contribution in [-0.4, -0.2) is 30.3 Å². The number of benzene rings is 1. The maximum atomic E-state index is 11.7. The van der Waals surface area contributed by atoms with Crippen molar-refractivity contribution < 1.29 is 14.5 Å². The Morgan fingerprint density at radius 1 is 1.44 bits per heavy atom. The average Bonchev–Trinajstić information content (AvgIpc) is 2.34. The number of nitro benzene ring substituents is 1. The molecule has 1 aromatic carbocycles. The Bertz CT molecular complexity index is 504. The minimum Gasteiger partial charge on any atom is -0.358 e. The maximum Gasteiger partial charge on any atom is 0.282 e. The highest BCUT2D eigenvalue weighted by Gasteiger charge is 2.20. The third-order valence-corrected chi connectivity index (χ3v) is 2.32.